The van der Waals surface area contributed by atoms with Crippen LogP contribution in [0.4, 0.5) is 0 Å². The summed E-state index contributed by atoms with van der Waals surface area (Å²) in [6.07, 6.45) is 0. The Morgan fingerprint density at radius 3 is 2.62 bits per heavy atom. The molecule has 0 fully saturated rings. The van der Waals surface area contributed by atoms with Crippen LogP contribution >= 0.6 is 27.5 Å². The molecule has 0 bridgehead atoms. The molecule has 1 unspecified atom stereocenters. The second-order valence-electron chi connectivity index (χ2n) is 5.23. The van der Waals surface area contributed by atoms with Crippen molar-refractivity contribution in [2.75, 3.05) is 0 Å². The summed E-state index contributed by atoms with van der Waals surface area (Å²) in [7, 11) is 1.93. The van der Waals surface area contributed by atoms with Crippen LogP contribution in [0, 0.1) is 13.8 Å². The minimum atomic E-state index is -0.181. The zero-order valence-electron chi connectivity index (χ0n) is 12.4. The van der Waals surface area contributed by atoms with Gasteiger partial charge in [0.15, 0.2) is 5.65 Å². The maximum absolute atomic E-state index is 6.35. The third-order valence-electron chi connectivity index (χ3n) is 3.58. The molecule has 0 amide bonds. The van der Waals surface area contributed by atoms with E-state index in [1.165, 1.54) is 0 Å². The molecule has 0 saturated carbocycles. The predicted molar refractivity (Wildman–Crippen MR) is 89.3 cm³/mol. The second kappa shape index (κ2) is 5.14. The van der Waals surface area contributed by atoms with E-state index in [1.807, 2.05) is 31.6 Å². The number of rotatable bonds is 2. The Balaban J connectivity index is 2.41. The van der Waals surface area contributed by atoms with Gasteiger partial charge in [-0.25, -0.2) is 9.67 Å². The summed E-state index contributed by atoms with van der Waals surface area (Å²) in [5, 5.41) is 4.28. The van der Waals surface area contributed by atoms with E-state index in [0.717, 1.165) is 38.4 Å². The van der Waals surface area contributed by atoms with E-state index in [4.69, 9.17) is 16.6 Å². The topological polar surface area (TPSA) is 35.6 Å². The molecule has 3 aromatic rings. The quantitative estimate of drug-likeness (QED) is 0.628. The van der Waals surface area contributed by atoms with Crippen LogP contribution in [0.5, 0.6) is 0 Å². The normalized spacial score (nSPS) is 13.0. The van der Waals surface area contributed by atoms with Gasteiger partial charge < -0.3 is 0 Å². The number of aromatic nitrogens is 4. The molecule has 4 nitrogen and oxygen atoms in total. The van der Waals surface area contributed by atoms with Gasteiger partial charge in [-0.05, 0) is 44.5 Å². The second-order valence-corrected chi connectivity index (χ2v) is 6.80. The number of fused-ring (bicyclic) bond motifs is 1. The first-order chi connectivity index (χ1) is 9.90. The van der Waals surface area contributed by atoms with Crippen LogP contribution in [-0.4, -0.2) is 19.3 Å². The predicted octanol–water partition coefficient (Wildman–Crippen LogP) is 4.44. The highest BCUT2D eigenvalue weighted by atomic mass is 79.9. The number of nitrogens with zero attached hydrogens (tertiary/aromatic N) is 4. The Labute approximate surface area is 136 Å². The number of imidazole rings is 1. The minimum absolute atomic E-state index is 0.181. The first-order valence-corrected chi connectivity index (χ1v) is 7.95. The van der Waals surface area contributed by atoms with E-state index in [-0.39, 0.29) is 5.38 Å². The van der Waals surface area contributed by atoms with Crippen LogP contribution in [0.25, 0.3) is 16.9 Å². The summed E-state index contributed by atoms with van der Waals surface area (Å²) in [6.45, 7) is 5.99. The summed E-state index contributed by atoms with van der Waals surface area (Å²) in [6, 6.07) is 6.19. The zero-order valence-corrected chi connectivity index (χ0v) is 14.7. The maximum Gasteiger partial charge on any atom is 0.163 e. The number of hydrogen-bond acceptors (Lipinski definition) is 2. The van der Waals surface area contributed by atoms with Crippen LogP contribution in [-0.2, 0) is 7.05 Å². The Hall–Kier alpha value is -1.33. The van der Waals surface area contributed by atoms with E-state index < -0.39 is 0 Å². The lowest BCUT2D eigenvalue weighted by Crippen LogP contribution is -2.07. The Kier molecular flexibility index (Phi) is 3.58. The van der Waals surface area contributed by atoms with E-state index in [0.29, 0.717) is 0 Å². The molecule has 3 rings (SSSR count). The fraction of sp³-hybridized carbons (Fsp3) is 0.333. The summed E-state index contributed by atoms with van der Waals surface area (Å²) < 4.78 is 5.03. The highest BCUT2D eigenvalue weighted by molar-refractivity contribution is 9.10. The molecular formula is C15H16BrClN4. The number of hydrogen-bond donors (Lipinski definition) is 0. The van der Waals surface area contributed by atoms with Crippen LogP contribution in [0.3, 0.4) is 0 Å². The van der Waals surface area contributed by atoms with Gasteiger partial charge in [0.25, 0.3) is 0 Å². The average Bonchev–Trinajstić information content (AvgIpc) is 2.90. The van der Waals surface area contributed by atoms with Crippen LogP contribution < -0.4 is 0 Å². The molecule has 2 aromatic heterocycles. The molecular weight excluding hydrogens is 352 g/mol. The maximum atomic E-state index is 6.35. The monoisotopic (exact) mass is 366 g/mol. The van der Waals surface area contributed by atoms with Gasteiger partial charge >= 0.3 is 0 Å². The summed E-state index contributed by atoms with van der Waals surface area (Å²) in [5.41, 5.74) is 5.02. The van der Waals surface area contributed by atoms with Gasteiger partial charge in [-0.2, -0.15) is 5.10 Å². The van der Waals surface area contributed by atoms with Crippen molar-refractivity contribution in [2.45, 2.75) is 26.1 Å². The van der Waals surface area contributed by atoms with Crippen molar-refractivity contribution in [1.82, 2.24) is 19.3 Å². The van der Waals surface area contributed by atoms with Gasteiger partial charge in [-0.1, -0.05) is 15.9 Å². The van der Waals surface area contributed by atoms with Crippen molar-refractivity contribution in [3.8, 4) is 5.69 Å². The zero-order chi connectivity index (χ0) is 15.3. The highest BCUT2D eigenvalue weighted by Gasteiger charge is 2.22. The summed E-state index contributed by atoms with van der Waals surface area (Å²) in [5.74, 6) is 0.841. The molecule has 1 aromatic carbocycles. The van der Waals surface area contributed by atoms with E-state index >= 15 is 0 Å². The number of aryl methyl sites for hydroxylation is 3. The molecule has 0 aliphatic rings. The van der Waals surface area contributed by atoms with Crippen molar-refractivity contribution in [2.24, 2.45) is 7.05 Å². The Morgan fingerprint density at radius 2 is 2.00 bits per heavy atom. The summed E-state index contributed by atoms with van der Waals surface area (Å²) in [4.78, 5) is 4.71. The van der Waals surface area contributed by atoms with E-state index in [1.54, 1.807) is 0 Å². The first kappa shape index (κ1) is 14.6. The van der Waals surface area contributed by atoms with Crippen LogP contribution in [0.15, 0.2) is 22.7 Å². The van der Waals surface area contributed by atoms with Gasteiger partial charge in [0.1, 0.15) is 11.3 Å². The minimum Gasteiger partial charge on any atom is -0.279 e. The average molecular weight is 368 g/mol. The highest BCUT2D eigenvalue weighted by Crippen LogP contribution is 2.31. The lowest BCUT2D eigenvalue weighted by Gasteiger charge is -2.13. The van der Waals surface area contributed by atoms with Gasteiger partial charge in [0.2, 0.25) is 0 Å². The fourth-order valence-electron chi connectivity index (χ4n) is 2.66. The number of benzene rings is 1. The van der Waals surface area contributed by atoms with Gasteiger partial charge in [0, 0.05) is 11.5 Å². The molecule has 1 atom stereocenters. The SMILES string of the molecule is Cc1cc(Br)ccc1-n1c(C(C)Cl)nc2c(C)nn(C)c21. The van der Waals surface area contributed by atoms with E-state index in [9.17, 15) is 0 Å². The van der Waals surface area contributed by atoms with Gasteiger partial charge in [-0.15, -0.1) is 11.6 Å². The van der Waals surface area contributed by atoms with Crippen molar-refractivity contribution in [1.29, 1.82) is 0 Å². The van der Waals surface area contributed by atoms with E-state index in [2.05, 4.69) is 44.7 Å². The van der Waals surface area contributed by atoms with Crippen LogP contribution in [0.1, 0.15) is 29.4 Å². The Morgan fingerprint density at radius 1 is 1.29 bits per heavy atom. The molecule has 110 valence electrons. The van der Waals surface area contributed by atoms with Gasteiger partial charge in [-0.3, -0.25) is 4.57 Å². The molecule has 2 heterocycles. The molecule has 0 aliphatic carbocycles. The van der Waals surface area contributed by atoms with Crippen molar-refractivity contribution < 1.29 is 0 Å². The molecule has 0 radical (unpaired) electrons. The van der Waals surface area contributed by atoms with Crippen molar-refractivity contribution >= 4 is 38.7 Å². The fourth-order valence-corrected chi connectivity index (χ4v) is 3.29. The Bertz CT molecular complexity index is 832. The van der Waals surface area contributed by atoms with Crippen molar-refractivity contribution in [3.63, 3.8) is 0 Å². The first-order valence-electron chi connectivity index (χ1n) is 6.72. The summed E-state index contributed by atoms with van der Waals surface area (Å²) >= 11 is 9.86. The molecule has 6 heteroatoms. The molecule has 0 aliphatic heterocycles. The molecule has 0 saturated heterocycles. The number of alkyl halides is 1. The largest absolute Gasteiger partial charge is 0.279 e. The lowest BCUT2D eigenvalue weighted by atomic mass is 10.2. The van der Waals surface area contributed by atoms with Gasteiger partial charge in [0.05, 0.1) is 16.8 Å². The third-order valence-corrected chi connectivity index (χ3v) is 4.27. The van der Waals surface area contributed by atoms with Crippen molar-refractivity contribution in [3.05, 3.63) is 39.8 Å². The molecule has 0 N–H and O–H groups in total. The standard InChI is InChI=1S/C15H16BrClN4/c1-8-7-11(16)5-6-12(8)21-14(9(2)17)18-13-10(3)19-20(4)15(13)21/h5-7,9H,1-4H3. The lowest BCUT2D eigenvalue weighted by molar-refractivity contribution is 0.747. The van der Waals surface area contributed by atoms with Crippen LogP contribution in [0.2, 0.25) is 0 Å². The smallest absolute Gasteiger partial charge is 0.163 e. The molecule has 21 heavy (non-hydrogen) atoms. The number of halogens is 2. The molecule has 0 spiro atoms. The third kappa shape index (κ3) is 2.28.